The van der Waals surface area contributed by atoms with Gasteiger partial charge in [0.1, 0.15) is 23.8 Å². The summed E-state index contributed by atoms with van der Waals surface area (Å²) < 4.78 is 23.7. The molecule has 46 heavy (non-hydrogen) atoms. The highest BCUT2D eigenvalue weighted by atomic mass is 127. The van der Waals surface area contributed by atoms with Crippen molar-refractivity contribution in [3.05, 3.63) is 90.9 Å². The van der Waals surface area contributed by atoms with Crippen LogP contribution in [-0.2, 0) is 46.5 Å². The standard InChI is InChI=1S/C34H37I4N3O5/c1-33(2,3)22-9-21(10-23(14-22)34(4,5)6)18-44-8-7-41-17-24(39-40-41)19-45-31-28(37)15-25(16-29(31)38)46-32-26(35)11-20(12-27(32)36)13-30(42)43/h9-12,14-17H,7-8,13,18-19H2,1-6H3,(H,42,43). The van der Waals surface area contributed by atoms with Gasteiger partial charge in [-0.25, -0.2) is 4.68 Å². The summed E-state index contributed by atoms with van der Waals surface area (Å²) >= 11 is 8.84. The van der Waals surface area contributed by atoms with E-state index in [1.54, 1.807) is 4.68 Å². The van der Waals surface area contributed by atoms with Crippen molar-refractivity contribution < 1.29 is 24.1 Å². The van der Waals surface area contributed by atoms with Crippen LogP contribution < -0.4 is 9.47 Å². The van der Waals surface area contributed by atoms with Crippen LogP contribution >= 0.6 is 90.4 Å². The molecule has 1 N–H and O–H groups in total. The Kier molecular flexibility index (Phi) is 13.0. The maximum atomic E-state index is 11.1. The molecular weight excluding hydrogens is 1040 g/mol. The maximum absolute atomic E-state index is 11.1. The number of aliphatic carboxylic acids is 1. The van der Waals surface area contributed by atoms with Crippen molar-refractivity contribution in [2.24, 2.45) is 0 Å². The van der Waals surface area contributed by atoms with Crippen LogP contribution in [0.5, 0.6) is 17.2 Å². The molecule has 8 nitrogen and oxygen atoms in total. The molecule has 0 radical (unpaired) electrons. The predicted molar refractivity (Wildman–Crippen MR) is 213 cm³/mol. The zero-order chi connectivity index (χ0) is 33.8. The highest BCUT2D eigenvalue weighted by Crippen LogP contribution is 2.38. The number of nitrogens with zero attached hydrogens (tertiary/aromatic N) is 3. The summed E-state index contributed by atoms with van der Waals surface area (Å²) in [5, 5.41) is 17.7. The molecule has 1 aromatic heterocycles. The second kappa shape index (κ2) is 16.0. The van der Waals surface area contributed by atoms with Crippen molar-refractivity contribution in [1.29, 1.82) is 0 Å². The van der Waals surface area contributed by atoms with Gasteiger partial charge in [0.15, 0.2) is 5.75 Å². The molecule has 4 rings (SSSR count). The van der Waals surface area contributed by atoms with Gasteiger partial charge in [0.2, 0.25) is 0 Å². The maximum Gasteiger partial charge on any atom is 0.307 e. The monoisotopic (exact) mass is 1070 g/mol. The summed E-state index contributed by atoms with van der Waals surface area (Å²) in [5.74, 6) is 1.26. The van der Waals surface area contributed by atoms with Gasteiger partial charge in [-0.05, 0) is 148 Å². The Balaban J connectivity index is 1.32. The van der Waals surface area contributed by atoms with Gasteiger partial charge < -0.3 is 19.3 Å². The summed E-state index contributed by atoms with van der Waals surface area (Å²) in [6.45, 7) is 15.4. The van der Waals surface area contributed by atoms with Gasteiger partial charge in [0.25, 0.3) is 0 Å². The molecule has 0 atom stereocenters. The molecule has 0 saturated carbocycles. The number of carboxylic acid groups (broad SMARTS) is 1. The number of carbonyl (C=O) groups is 1. The van der Waals surface area contributed by atoms with E-state index >= 15 is 0 Å². The Hall–Kier alpha value is -1.25. The predicted octanol–water partition coefficient (Wildman–Crippen LogP) is 9.51. The number of aromatic nitrogens is 3. The van der Waals surface area contributed by atoms with E-state index in [4.69, 9.17) is 19.3 Å². The van der Waals surface area contributed by atoms with Crippen molar-refractivity contribution in [3.8, 4) is 17.2 Å². The number of halogens is 4. The number of ether oxygens (including phenoxy) is 3. The van der Waals surface area contributed by atoms with Crippen molar-refractivity contribution in [3.63, 3.8) is 0 Å². The number of benzene rings is 3. The molecule has 0 saturated heterocycles. The third-order valence-electron chi connectivity index (χ3n) is 7.01. The smallest absolute Gasteiger partial charge is 0.307 e. The van der Waals surface area contributed by atoms with Crippen LogP contribution in [-0.4, -0.2) is 32.7 Å². The highest BCUT2D eigenvalue weighted by molar-refractivity contribution is 14.1. The largest absolute Gasteiger partial charge is 0.485 e. The molecule has 0 fully saturated rings. The lowest BCUT2D eigenvalue weighted by atomic mass is 9.79. The summed E-state index contributed by atoms with van der Waals surface area (Å²) in [4.78, 5) is 11.1. The van der Waals surface area contributed by atoms with Crippen molar-refractivity contribution >= 4 is 96.3 Å². The van der Waals surface area contributed by atoms with E-state index in [2.05, 4.69) is 160 Å². The molecule has 0 bridgehead atoms. The van der Waals surface area contributed by atoms with Gasteiger partial charge in [-0.2, -0.15) is 0 Å². The fourth-order valence-corrected chi connectivity index (χ4v) is 8.63. The number of hydrogen-bond acceptors (Lipinski definition) is 6. The summed E-state index contributed by atoms with van der Waals surface area (Å²) in [6, 6.07) is 14.4. The Morgan fingerprint density at radius 3 is 1.89 bits per heavy atom. The molecule has 0 aliphatic rings. The molecule has 246 valence electrons. The number of rotatable bonds is 12. The molecule has 3 aromatic carbocycles. The fraction of sp³-hybridized carbons (Fsp3) is 0.382. The lowest BCUT2D eigenvalue weighted by Crippen LogP contribution is -2.17. The van der Waals surface area contributed by atoms with Crippen LogP contribution in [0.25, 0.3) is 0 Å². The highest BCUT2D eigenvalue weighted by Gasteiger charge is 2.21. The van der Waals surface area contributed by atoms with E-state index in [9.17, 15) is 4.79 Å². The van der Waals surface area contributed by atoms with Crippen molar-refractivity contribution in [2.75, 3.05) is 6.61 Å². The quantitative estimate of drug-likeness (QED) is 0.112. The van der Waals surface area contributed by atoms with Crippen LogP contribution in [0.1, 0.15) is 69.5 Å². The second-order valence-corrected chi connectivity index (χ2v) is 17.7. The third kappa shape index (κ3) is 10.6. The average Bonchev–Trinajstić information content (AvgIpc) is 3.39. The van der Waals surface area contributed by atoms with Crippen molar-refractivity contribution in [2.45, 2.75) is 78.6 Å². The van der Waals surface area contributed by atoms with Gasteiger partial charge in [-0.15, -0.1) is 5.10 Å². The molecule has 0 aliphatic carbocycles. The molecular formula is C34H37I4N3O5. The minimum atomic E-state index is -0.861. The Labute approximate surface area is 325 Å². The summed E-state index contributed by atoms with van der Waals surface area (Å²) in [6.07, 6.45) is 1.86. The first-order valence-corrected chi connectivity index (χ1v) is 18.9. The van der Waals surface area contributed by atoms with Gasteiger partial charge in [-0.3, -0.25) is 4.79 Å². The molecule has 4 aromatic rings. The normalized spacial score (nSPS) is 12.0. The third-order valence-corrected chi connectivity index (χ3v) is 10.2. The van der Waals surface area contributed by atoms with Crippen LogP contribution in [0.2, 0.25) is 0 Å². The van der Waals surface area contributed by atoms with E-state index in [1.807, 2.05) is 30.5 Å². The van der Waals surface area contributed by atoms with E-state index in [0.29, 0.717) is 31.3 Å². The van der Waals surface area contributed by atoms with E-state index in [0.717, 1.165) is 31.3 Å². The topological polar surface area (TPSA) is 95.7 Å². The Morgan fingerprint density at radius 2 is 1.35 bits per heavy atom. The first-order chi connectivity index (χ1) is 21.5. The zero-order valence-electron chi connectivity index (χ0n) is 26.6. The first kappa shape index (κ1) is 37.6. The average molecular weight is 1080 g/mol. The first-order valence-electron chi connectivity index (χ1n) is 14.6. The summed E-state index contributed by atoms with van der Waals surface area (Å²) in [7, 11) is 0. The number of hydrogen-bond donors (Lipinski definition) is 1. The van der Waals surface area contributed by atoms with E-state index < -0.39 is 5.97 Å². The molecule has 1 heterocycles. The molecule has 0 unspecified atom stereocenters. The van der Waals surface area contributed by atoms with Crippen LogP contribution in [0.15, 0.2) is 48.7 Å². The number of carboxylic acids is 1. The van der Waals surface area contributed by atoms with Crippen LogP contribution in [0.3, 0.4) is 0 Å². The van der Waals surface area contributed by atoms with Gasteiger partial charge in [-0.1, -0.05) is 65.0 Å². The molecule has 0 amide bonds. The van der Waals surface area contributed by atoms with E-state index in [1.165, 1.54) is 16.7 Å². The second-order valence-electron chi connectivity index (χ2n) is 13.0. The SMILES string of the molecule is CC(C)(C)c1cc(COCCn2cc(COc3c(I)cc(Oc4c(I)cc(CC(=O)O)cc4I)cc3I)nn2)cc(C(C)(C)C)c1. The zero-order valence-corrected chi connectivity index (χ0v) is 35.2. The molecule has 12 heteroatoms. The minimum Gasteiger partial charge on any atom is -0.485 e. The Bertz CT molecular complexity index is 1630. The molecule has 0 spiro atoms. The van der Waals surface area contributed by atoms with Crippen LogP contribution in [0.4, 0.5) is 0 Å². The molecule has 0 aliphatic heterocycles. The van der Waals surface area contributed by atoms with Gasteiger partial charge >= 0.3 is 5.97 Å². The van der Waals surface area contributed by atoms with Crippen LogP contribution in [0, 0.1) is 14.3 Å². The van der Waals surface area contributed by atoms with Crippen molar-refractivity contribution in [1.82, 2.24) is 15.0 Å². The minimum absolute atomic E-state index is 0.0268. The van der Waals surface area contributed by atoms with Gasteiger partial charge in [0.05, 0.1) is 46.7 Å². The van der Waals surface area contributed by atoms with Gasteiger partial charge in [0, 0.05) is 0 Å². The Morgan fingerprint density at radius 1 is 0.783 bits per heavy atom. The lowest BCUT2D eigenvalue weighted by Gasteiger charge is -2.26. The fourth-order valence-electron chi connectivity index (χ4n) is 4.49. The van der Waals surface area contributed by atoms with E-state index in [-0.39, 0.29) is 23.9 Å². The lowest BCUT2D eigenvalue weighted by molar-refractivity contribution is -0.136. The summed E-state index contributed by atoms with van der Waals surface area (Å²) in [5.41, 5.74) is 5.42.